The summed E-state index contributed by atoms with van der Waals surface area (Å²) in [7, 11) is 0. The second kappa shape index (κ2) is 5.57. The van der Waals surface area contributed by atoms with Crippen molar-refractivity contribution in [2.45, 2.75) is 26.3 Å². The molecule has 2 nitrogen and oxygen atoms in total. The lowest BCUT2D eigenvalue weighted by molar-refractivity contribution is 0.814. The van der Waals surface area contributed by atoms with E-state index in [9.17, 15) is 0 Å². The summed E-state index contributed by atoms with van der Waals surface area (Å²) in [6.07, 6.45) is 0.884. The molecular weight excluding hydrogens is 287 g/mol. The molecule has 2 N–H and O–H groups in total. The fraction of sp³-hybridized carbons (Fsp3) is 0.308. The third-order valence-electron chi connectivity index (χ3n) is 2.64. The number of aryl methyl sites for hydroxylation is 1. The second-order valence-electron chi connectivity index (χ2n) is 4.10. The van der Waals surface area contributed by atoms with Crippen LogP contribution < -0.4 is 5.73 Å². The molecule has 96 valence electrons. The van der Waals surface area contributed by atoms with Gasteiger partial charge in [-0.25, -0.2) is 4.98 Å². The van der Waals surface area contributed by atoms with Crippen molar-refractivity contribution in [1.29, 1.82) is 0 Å². The van der Waals surface area contributed by atoms with E-state index < -0.39 is 0 Å². The van der Waals surface area contributed by atoms with E-state index in [0.29, 0.717) is 10.0 Å². The van der Waals surface area contributed by atoms with Gasteiger partial charge in [-0.05, 0) is 25.5 Å². The number of thiazole rings is 1. The fourth-order valence-corrected chi connectivity index (χ4v) is 3.13. The first kappa shape index (κ1) is 13.8. The molecule has 5 heteroatoms. The van der Waals surface area contributed by atoms with Crippen molar-refractivity contribution >= 4 is 34.5 Å². The maximum atomic E-state index is 6.03. The first-order valence-corrected chi connectivity index (χ1v) is 7.30. The zero-order valence-electron chi connectivity index (χ0n) is 10.2. The smallest absolute Gasteiger partial charge is 0.123 e. The summed E-state index contributed by atoms with van der Waals surface area (Å²) >= 11 is 13.6. The molecule has 0 fully saturated rings. The third kappa shape index (κ3) is 2.69. The minimum Gasteiger partial charge on any atom is -0.323 e. The van der Waals surface area contributed by atoms with Crippen LogP contribution in [0.25, 0.3) is 10.6 Å². The molecular formula is C13H14Cl2N2S. The molecule has 0 amide bonds. The molecule has 0 aliphatic rings. The van der Waals surface area contributed by atoms with Crippen molar-refractivity contribution in [3.8, 4) is 10.6 Å². The van der Waals surface area contributed by atoms with Gasteiger partial charge >= 0.3 is 0 Å². The Morgan fingerprint density at radius 3 is 2.56 bits per heavy atom. The van der Waals surface area contributed by atoms with Crippen molar-refractivity contribution < 1.29 is 0 Å². The molecule has 18 heavy (non-hydrogen) atoms. The lowest BCUT2D eigenvalue weighted by atomic mass is 10.2. The lowest BCUT2D eigenvalue weighted by Gasteiger charge is -2.01. The standard InChI is InChI=1S/C13H14Cl2N2S/c1-3-11-12(7(2)16)18-13(17-11)8-4-5-9(14)10(15)6-8/h4-7H,3,16H2,1-2H3. The number of rotatable bonds is 3. The average Bonchev–Trinajstić information content (AvgIpc) is 2.77. The van der Waals surface area contributed by atoms with Crippen LogP contribution in [0.3, 0.4) is 0 Å². The summed E-state index contributed by atoms with van der Waals surface area (Å²) in [6, 6.07) is 5.57. The Morgan fingerprint density at radius 2 is 2.06 bits per heavy atom. The molecule has 0 saturated carbocycles. The van der Waals surface area contributed by atoms with Gasteiger partial charge < -0.3 is 5.73 Å². The van der Waals surface area contributed by atoms with E-state index >= 15 is 0 Å². The summed E-state index contributed by atoms with van der Waals surface area (Å²) in [6.45, 7) is 4.06. The zero-order chi connectivity index (χ0) is 13.3. The van der Waals surface area contributed by atoms with Crippen LogP contribution in [0.5, 0.6) is 0 Å². The van der Waals surface area contributed by atoms with Crippen LogP contribution in [0.2, 0.25) is 10.0 Å². The normalized spacial score (nSPS) is 12.7. The molecule has 0 radical (unpaired) electrons. The van der Waals surface area contributed by atoms with Crippen LogP contribution in [0.1, 0.15) is 30.5 Å². The predicted molar refractivity (Wildman–Crippen MR) is 79.6 cm³/mol. The predicted octanol–water partition coefficient (Wildman–Crippen LogP) is 4.70. The van der Waals surface area contributed by atoms with Crippen LogP contribution in [0, 0.1) is 0 Å². The Morgan fingerprint density at radius 1 is 1.33 bits per heavy atom. The van der Waals surface area contributed by atoms with E-state index in [0.717, 1.165) is 27.6 Å². The first-order chi connectivity index (χ1) is 8.52. The van der Waals surface area contributed by atoms with Gasteiger partial charge in [-0.3, -0.25) is 0 Å². The average molecular weight is 301 g/mol. The Kier molecular flexibility index (Phi) is 4.28. The van der Waals surface area contributed by atoms with Gasteiger partial charge in [0.2, 0.25) is 0 Å². The van der Waals surface area contributed by atoms with Crippen molar-refractivity contribution in [3.05, 3.63) is 38.8 Å². The minimum absolute atomic E-state index is 0.00831. The van der Waals surface area contributed by atoms with Crippen LogP contribution in [0.4, 0.5) is 0 Å². The molecule has 1 aromatic heterocycles. The van der Waals surface area contributed by atoms with Crippen LogP contribution in [0.15, 0.2) is 18.2 Å². The molecule has 0 bridgehead atoms. The minimum atomic E-state index is 0.00831. The number of nitrogens with two attached hydrogens (primary N) is 1. The Bertz CT molecular complexity index is 564. The van der Waals surface area contributed by atoms with Crippen molar-refractivity contribution in [1.82, 2.24) is 4.98 Å². The zero-order valence-corrected chi connectivity index (χ0v) is 12.5. The highest BCUT2D eigenvalue weighted by Crippen LogP contribution is 2.34. The number of benzene rings is 1. The summed E-state index contributed by atoms with van der Waals surface area (Å²) in [4.78, 5) is 5.77. The lowest BCUT2D eigenvalue weighted by Crippen LogP contribution is -2.05. The Balaban J connectivity index is 2.47. The summed E-state index contributed by atoms with van der Waals surface area (Å²) < 4.78 is 0. The second-order valence-corrected chi connectivity index (χ2v) is 5.95. The number of nitrogens with zero attached hydrogens (tertiary/aromatic N) is 1. The van der Waals surface area contributed by atoms with Gasteiger partial charge in [0.25, 0.3) is 0 Å². The maximum absolute atomic E-state index is 6.03. The van der Waals surface area contributed by atoms with Gasteiger partial charge in [0, 0.05) is 16.5 Å². The monoisotopic (exact) mass is 300 g/mol. The Hall–Kier alpha value is -0.610. The maximum Gasteiger partial charge on any atom is 0.123 e. The van der Waals surface area contributed by atoms with Gasteiger partial charge in [0.15, 0.2) is 0 Å². The molecule has 1 unspecified atom stereocenters. The van der Waals surface area contributed by atoms with Gasteiger partial charge in [-0.1, -0.05) is 36.2 Å². The number of hydrogen-bond acceptors (Lipinski definition) is 3. The van der Waals surface area contributed by atoms with Gasteiger partial charge in [0.05, 0.1) is 15.7 Å². The van der Waals surface area contributed by atoms with Crippen molar-refractivity contribution in [2.24, 2.45) is 5.73 Å². The first-order valence-electron chi connectivity index (χ1n) is 5.73. The summed E-state index contributed by atoms with van der Waals surface area (Å²) in [5.74, 6) is 0. The van der Waals surface area contributed by atoms with E-state index in [1.165, 1.54) is 0 Å². The summed E-state index contributed by atoms with van der Waals surface area (Å²) in [5.41, 5.74) is 8.01. The van der Waals surface area contributed by atoms with Crippen molar-refractivity contribution in [3.63, 3.8) is 0 Å². The molecule has 0 saturated heterocycles. The molecule has 0 spiro atoms. The number of aromatic nitrogens is 1. The van der Waals surface area contributed by atoms with Crippen LogP contribution in [-0.2, 0) is 6.42 Å². The summed E-state index contributed by atoms with van der Waals surface area (Å²) in [5, 5.41) is 2.04. The SMILES string of the molecule is CCc1nc(-c2ccc(Cl)c(Cl)c2)sc1C(C)N. The molecule has 2 rings (SSSR count). The van der Waals surface area contributed by atoms with Crippen LogP contribution >= 0.6 is 34.5 Å². The molecule has 2 aromatic rings. The van der Waals surface area contributed by atoms with E-state index in [1.54, 1.807) is 17.4 Å². The fourth-order valence-electron chi connectivity index (χ4n) is 1.73. The Labute approximate surface area is 121 Å². The molecule has 1 heterocycles. The quantitative estimate of drug-likeness (QED) is 0.892. The van der Waals surface area contributed by atoms with E-state index in [1.807, 2.05) is 19.1 Å². The van der Waals surface area contributed by atoms with Gasteiger partial charge in [-0.2, -0.15) is 0 Å². The highest BCUT2D eigenvalue weighted by molar-refractivity contribution is 7.15. The van der Waals surface area contributed by atoms with Crippen LogP contribution in [-0.4, -0.2) is 4.98 Å². The highest BCUT2D eigenvalue weighted by Gasteiger charge is 2.14. The van der Waals surface area contributed by atoms with Gasteiger partial charge in [-0.15, -0.1) is 11.3 Å². The van der Waals surface area contributed by atoms with Gasteiger partial charge in [0.1, 0.15) is 5.01 Å². The van der Waals surface area contributed by atoms with E-state index in [-0.39, 0.29) is 6.04 Å². The highest BCUT2D eigenvalue weighted by atomic mass is 35.5. The third-order valence-corrected chi connectivity index (χ3v) is 4.73. The van der Waals surface area contributed by atoms with E-state index in [4.69, 9.17) is 28.9 Å². The molecule has 0 aliphatic heterocycles. The number of halogens is 2. The van der Waals surface area contributed by atoms with E-state index in [2.05, 4.69) is 11.9 Å². The topological polar surface area (TPSA) is 38.9 Å². The van der Waals surface area contributed by atoms with Crippen molar-refractivity contribution in [2.75, 3.05) is 0 Å². The number of hydrogen-bond donors (Lipinski definition) is 1. The molecule has 0 aliphatic carbocycles. The molecule has 1 atom stereocenters. The largest absolute Gasteiger partial charge is 0.323 e. The molecule has 1 aromatic carbocycles.